The van der Waals surface area contributed by atoms with Crippen molar-refractivity contribution in [2.24, 2.45) is 0 Å². The lowest BCUT2D eigenvalue weighted by molar-refractivity contribution is -0.192. The van der Waals surface area contributed by atoms with Crippen LogP contribution in [-0.4, -0.2) is 52.2 Å². The molecule has 5 rings (SSSR count). The molecular weight excluding hydrogens is 459 g/mol. The van der Waals surface area contributed by atoms with E-state index >= 15 is 0 Å². The predicted octanol–water partition coefficient (Wildman–Crippen LogP) is 4.40. The first kappa shape index (κ1) is 25.2. The third-order valence-electron chi connectivity index (χ3n) is 7.15. The Labute approximate surface area is 202 Å². The molecule has 1 aromatic carbocycles. The number of carboxylic acids is 1. The molecule has 2 N–H and O–H groups in total. The SMILES string of the molecule is O=C(CC1CC2(CCN(Cc3ccccn3)CC2)c2ccccc21)NC1CC1.O=C(O)C(F)(F)F. The number of fused-ring (bicyclic) bond motifs is 2. The minimum Gasteiger partial charge on any atom is -0.475 e. The molecule has 9 heteroatoms. The molecular formula is C26H30F3N3O3. The molecule has 1 saturated heterocycles. The number of benzene rings is 1. The zero-order valence-electron chi connectivity index (χ0n) is 19.4. The topological polar surface area (TPSA) is 82.5 Å². The molecule has 2 heterocycles. The van der Waals surface area contributed by atoms with Crippen molar-refractivity contribution in [2.45, 2.75) is 68.6 Å². The minimum absolute atomic E-state index is 0.243. The van der Waals surface area contributed by atoms with E-state index < -0.39 is 12.1 Å². The summed E-state index contributed by atoms with van der Waals surface area (Å²) in [6.07, 6.45) is 3.24. The van der Waals surface area contributed by atoms with Crippen molar-refractivity contribution >= 4 is 11.9 Å². The summed E-state index contributed by atoms with van der Waals surface area (Å²) in [6.45, 7) is 3.14. The fraction of sp³-hybridized carbons (Fsp3) is 0.500. The highest BCUT2D eigenvalue weighted by atomic mass is 19.4. The maximum atomic E-state index is 12.5. The van der Waals surface area contributed by atoms with Crippen LogP contribution in [0.1, 0.15) is 61.3 Å². The number of halogens is 3. The molecule has 1 aliphatic heterocycles. The first-order valence-electron chi connectivity index (χ1n) is 12.0. The highest BCUT2D eigenvalue weighted by molar-refractivity contribution is 5.78. The van der Waals surface area contributed by atoms with Crippen LogP contribution in [0, 0.1) is 0 Å². The van der Waals surface area contributed by atoms with E-state index in [4.69, 9.17) is 9.90 Å². The van der Waals surface area contributed by atoms with Gasteiger partial charge in [-0.25, -0.2) is 4.79 Å². The van der Waals surface area contributed by atoms with Crippen LogP contribution in [0.25, 0.3) is 0 Å². The Morgan fingerprint density at radius 3 is 2.34 bits per heavy atom. The number of piperidine rings is 1. The van der Waals surface area contributed by atoms with Crippen LogP contribution in [0.5, 0.6) is 0 Å². The van der Waals surface area contributed by atoms with E-state index in [1.807, 2.05) is 12.3 Å². The second kappa shape index (κ2) is 10.4. The minimum atomic E-state index is -5.08. The van der Waals surface area contributed by atoms with E-state index in [0.717, 1.165) is 44.6 Å². The molecule has 2 fully saturated rings. The number of likely N-dealkylation sites (tertiary alicyclic amines) is 1. The van der Waals surface area contributed by atoms with Gasteiger partial charge in [0.1, 0.15) is 0 Å². The Hall–Kier alpha value is -2.94. The van der Waals surface area contributed by atoms with Gasteiger partial charge in [0.25, 0.3) is 0 Å². The Bertz CT molecular complexity index is 1030. The molecule has 0 bridgehead atoms. The van der Waals surface area contributed by atoms with E-state index in [2.05, 4.69) is 51.6 Å². The third-order valence-corrected chi connectivity index (χ3v) is 7.15. The van der Waals surface area contributed by atoms with Crippen LogP contribution in [0.15, 0.2) is 48.7 Å². The highest BCUT2D eigenvalue weighted by Gasteiger charge is 2.45. The molecule has 0 radical (unpaired) electrons. The number of nitrogens with zero attached hydrogens (tertiary/aromatic N) is 2. The first-order valence-corrected chi connectivity index (χ1v) is 12.0. The number of aromatic nitrogens is 1. The number of aliphatic carboxylic acids is 1. The number of rotatable bonds is 5. The number of hydrogen-bond acceptors (Lipinski definition) is 4. The number of pyridine rings is 1. The molecule has 1 aromatic heterocycles. The van der Waals surface area contributed by atoms with Crippen LogP contribution in [-0.2, 0) is 21.5 Å². The summed E-state index contributed by atoms with van der Waals surface area (Å²) in [7, 11) is 0. The number of hydrogen-bond donors (Lipinski definition) is 2. The highest BCUT2D eigenvalue weighted by Crippen LogP contribution is 2.52. The second-order valence-electron chi connectivity index (χ2n) is 9.71. The van der Waals surface area contributed by atoms with Crippen molar-refractivity contribution in [1.82, 2.24) is 15.2 Å². The molecule has 3 aliphatic rings. The van der Waals surface area contributed by atoms with Gasteiger partial charge < -0.3 is 10.4 Å². The molecule has 1 saturated carbocycles. The Balaban J connectivity index is 0.000000364. The monoisotopic (exact) mass is 489 g/mol. The standard InChI is InChI=1S/C24H29N3O.C2HF3O2/c28-23(26-19-8-9-19)15-18-16-24(22-7-2-1-6-21(18)22)10-13-27(14-11-24)17-20-5-3-4-12-25-20;3-2(4,5)1(6)7/h1-7,12,18-19H,8-11,13-17H2,(H,26,28);(H,6,7). The van der Waals surface area contributed by atoms with E-state index in [9.17, 15) is 18.0 Å². The summed E-state index contributed by atoms with van der Waals surface area (Å²) in [6, 6.07) is 15.5. The van der Waals surface area contributed by atoms with Crippen LogP contribution in [0.4, 0.5) is 13.2 Å². The van der Waals surface area contributed by atoms with Gasteiger partial charge in [-0.3, -0.25) is 14.7 Å². The maximum absolute atomic E-state index is 12.5. The average molecular weight is 490 g/mol. The van der Waals surface area contributed by atoms with Gasteiger partial charge in [0.2, 0.25) is 5.91 Å². The molecule has 1 spiro atoms. The summed E-state index contributed by atoms with van der Waals surface area (Å²) in [5.41, 5.74) is 4.34. The van der Waals surface area contributed by atoms with Gasteiger partial charge in [0.15, 0.2) is 0 Å². The fourth-order valence-electron chi connectivity index (χ4n) is 5.28. The van der Waals surface area contributed by atoms with Crippen molar-refractivity contribution in [3.8, 4) is 0 Å². The number of carboxylic acid groups (broad SMARTS) is 1. The number of carbonyl (C=O) groups excluding carboxylic acids is 1. The van der Waals surface area contributed by atoms with Gasteiger partial charge in [-0.2, -0.15) is 13.2 Å². The van der Waals surface area contributed by atoms with Crippen LogP contribution >= 0.6 is 0 Å². The number of amides is 1. The Kier molecular flexibility index (Phi) is 7.44. The quantitative estimate of drug-likeness (QED) is 0.651. The summed E-state index contributed by atoms with van der Waals surface area (Å²) in [4.78, 5) is 28.4. The van der Waals surface area contributed by atoms with Gasteiger partial charge in [0, 0.05) is 25.2 Å². The molecule has 6 nitrogen and oxygen atoms in total. The third kappa shape index (κ3) is 6.39. The summed E-state index contributed by atoms with van der Waals surface area (Å²) in [5.74, 6) is -2.14. The molecule has 1 unspecified atom stereocenters. The smallest absolute Gasteiger partial charge is 0.475 e. The number of alkyl halides is 3. The van der Waals surface area contributed by atoms with Gasteiger partial charge in [-0.05, 0) is 79.8 Å². The van der Waals surface area contributed by atoms with Crippen molar-refractivity contribution in [1.29, 1.82) is 0 Å². The van der Waals surface area contributed by atoms with Gasteiger partial charge in [-0.15, -0.1) is 0 Å². The zero-order valence-corrected chi connectivity index (χ0v) is 19.4. The largest absolute Gasteiger partial charge is 0.490 e. The molecule has 2 aliphatic carbocycles. The zero-order chi connectivity index (χ0) is 25.1. The van der Waals surface area contributed by atoms with Crippen molar-refractivity contribution < 1.29 is 27.9 Å². The first-order chi connectivity index (χ1) is 16.7. The lowest BCUT2D eigenvalue weighted by Crippen LogP contribution is -2.41. The molecule has 1 amide bonds. The Morgan fingerprint density at radius 1 is 1.09 bits per heavy atom. The van der Waals surface area contributed by atoms with Crippen LogP contribution < -0.4 is 5.32 Å². The lowest BCUT2D eigenvalue weighted by Gasteiger charge is -2.40. The van der Waals surface area contributed by atoms with Crippen molar-refractivity contribution in [3.63, 3.8) is 0 Å². The summed E-state index contributed by atoms with van der Waals surface area (Å²) in [5, 5.41) is 10.3. The number of carbonyl (C=O) groups is 2. The second-order valence-corrected chi connectivity index (χ2v) is 9.71. The Morgan fingerprint density at radius 2 is 1.74 bits per heavy atom. The molecule has 2 aromatic rings. The number of nitrogens with one attached hydrogen (secondary N) is 1. The molecule has 1 atom stereocenters. The van der Waals surface area contributed by atoms with E-state index in [0.29, 0.717) is 18.4 Å². The molecule has 188 valence electrons. The predicted molar refractivity (Wildman–Crippen MR) is 124 cm³/mol. The van der Waals surface area contributed by atoms with E-state index in [1.54, 1.807) is 0 Å². The van der Waals surface area contributed by atoms with E-state index in [-0.39, 0.29) is 11.3 Å². The molecule has 35 heavy (non-hydrogen) atoms. The van der Waals surface area contributed by atoms with Crippen LogP contribution in [0.3, 0.4) is 0 Å². The lowest BCUT2D eigenvalue weighted by atomic mass is 9.73. The fourth-order valence-corrected chi connectivity index (χ4v) is 5.28. The van der Waals surface area contributed by atoms with Crippen LogP contribution in [0.2, 0.25) is 0 Å². The summed E-state index contributed by atoms with van der Waals surface area (Å²) >= 11 is 0. The van der Waals surface area contributed by atoms with Crippen molar-refractivity contribution in [2.75, 3.05) is 13.1 Å². The van der Waals surface area contributed by atoms with Crippen molar-refractivity contribution in [3.05, 3.63) is 65.5 Å². The normalized spacial score (nSPS) is 21.1. The van der Waals surface area contributed by atoms with Gasteiger partial charge in [-0.1, -0.05) is 30.3 Å². The van der Waals surface area contributed by atoms with Gasteiger partial charge in [0.05, 0.1) is 5.69 Å². The average Bonchev–Trinajstić information content (AvgIpc) is 3.59. The summed E-state index contributed by atoms with van der Waals surface area (Å²) < 4.78 is 31.7. The maximum Gasteiger partial charge on any atom is 0.490 e. The van der Waals surface area contributed by atoms with E-state index in [1.165, 1.54) is 24.0 Å². The van der Waals surface area contributed by atoms with Gasteiger partial charge >= 0.3 is 12.1 Å².